The fourth-order valence-corrected chi connectivity index (χ4v) is 1.85. The SMILES string of the molecule is O=C(O)CN(CC(=O)O)C(=O)COc1ccc(F)cc1Br. The number of aliphatic carboxylic acids is 2. The number of carboxylic acids is 2. The van der Waals surface area contributed by atoms with E-state index >= 15 is 0 Å². The third-order valence-corrected chi connectivity index (χ3v) is 2.87. The summed E-state index contributed by atoms with van der Waals surface area (Å²) >= 11 is 3.04. The summed E-state index contributed by atoms with van der Waals surface area (Å²) in [5, 5.41) is 17.3. The molecule has 0 radical (unpaired) electrons. The molecule has 1 rings (SSSR count). The Bertz CT molecular complexity index is 549. The largest absolute Gasteiger partial charge is 0.483 e. The van der Waals surface area contributed by atoms with Crippen molar-refractivity contribution in [3.05, 3.63) is 28.5 Å². The highest BCUT2D eigenvalue weighted by atomic mass is 79.9. The third-order valence-electron chi connectivity index (χ3n) is 2.25. The number of hydrogen-bond donors (Lipinski definition) is 2. The first-order valence-corrected chi connectivity index (χ1v) is 6.38. The van der Waals surface area contributed by atoms with Crippen molar-refractivity contribution in [3.8, 4) is 5.75 Å². The highest BCUT2D eigenvalue weighted by molar-refractivity contribution is 9.10. The van der Waals surface area contributed by atoms with Crippen molar-refractivity contribution >= 4 is 33.8 Å². The maximum Gasteiger partial charge on any atom is 0.323 e. The fraction of sp³-hybridized carbons (Fsp3) is 0.250. The minimum absolute atomic E-state index is 0.176. The van der Waals surface area contributed by atoms with E-state index in [2.05, 4.69) is 15.9 Å². The minimum atomic E-state index is -1.34. The van der Waals surface area contributed by atoms with Gasteiger partial charge < -0.3 is 19.8 Å². The van der Waals surface area contributed by atoms with Gasteiger partial charge in [0.25, 0.3) is 5.91 Å². The lowest BCUT2D eigenvalue weighted by atomic mass is 10.3. The zero-order chi connectivity index (χ0) is 16.0. The van der Waals surface area contributed by atoms with Crippen molar-refractivity contribution in [1.29, 1.82) is 0 Å². The van der Waals surface area contributed by atoms with Gasteiger partial charge in [-0.1, -0.05) is 0 Å². The maximum absolute atomic E-state index is 12.9. The van der Waals surface area contributed by atoms with E-state index in [1.165, 1.54) is 6.07 Å². The van der Waals surface area contributed by atoms with Gasteiger partial charge in [-0.2, -0.15) is 0 Å². The van der Waals surface area contributed by atoms with Crippen LogP contribution in [0.1, 0.15) is 0 Å². The molecule has 0 fully saturated rings. The Hall–Kier alpha value is -2.16. The molecule has 1 amide bonds. The Morgan fingerprint density at radius 1 is 1.19 bits per heavy atom. The van der Waals surface area contributed by atoms with E-state index in [-0.39, 0.29) is 10.2 Å². The molecule has 0 unspecified atom stereocenters. The van der Waals surface area contributed by atoms with E-state index in [0.717, 1.165) is 12.1 Å². The minimum Gasteiger partial charge on any atom is -0.483 e. The van der Waals surface area contributed by atoms with E-state index in [0.29, 0.717) is 4.90 Å². The number of carboxylic acid groups (broad SMARTS) is 2. The van der Waals surface area contributed by atoms with Gasteiger partial charge >= 0.3 is 11.9 Å². The van der Waals surface area contributed by atoms with Gasteiger partial charge in [0.05, 0.1) is 4.47 Å². The molecule has 7 nitrogen and oxygen atoms in total. The van der Waals surface area contributed by atoms with Crippen LogP contribution in [0.15, 0.2) is 22.7 Å². The van der Waals surface area contributed by atoms with Crippen LogP contribution in [0.4, 0.5) is 4.39 Å². The Kier molecular flexibility index (Phi) is 6.10. The average Bonchev–Trinajstić information content (AvgIpc) is 2.35. The van der Waals surface area contributed by atoms with Gasteiger partial charge in [-0.05, 0) is 34.1 Å². The molecule has 0 atom stereocenters. The summed E-state index contributed by atoms with van der Waals surface area (Å²) in [5.74, 6) is -3.81. The summed E-state index contributed by atoms with van der Waals surface area (Å²) in [6, 6.07) is 3.54. The van der Waals surface area contributed by atoms with Crippen LogP contribution < -0.4 is 4.74 Å². The molecule has 1 aromatic rings. The number of ether oxygens (including phenoxy) is 1. The third kappa shape index (κ3) is 5.78. The first-order valence-electron chi connectivity index (χ1n) is 5.59. The van der Waals surface area contributed by atoms with Gasteiger partial charge in [-0.3, -0.25) is 14.4 Å². The van der Waals surface area contributed by atoms with Gasteiger partial charge in [0, 0.05) is 0 Å². The van der Waals surface area contributed by atoms with E-state index in [1.54, 1.807) is 0 Å². The van der Waals surface area contributed by atoms with Crippen LogP contribution >= 0.6 is 15.9 Å². The molecule has 114 valence electrons. The van der Waals surface area contributed by atoms with Crippen LogP contribution in [0.2, 0.25) is 0 Å². The fourth-order valence-electron chi connectivity index (χ4n) is 1.38. The summed E-state index contributed by atoms with van der Waals surface area (Å²) in [6.07, 6.45) is 0. The molecule has 0 heterocycles. The lowest BCUT2D eigenvalue weighted by Gasteiger charge is -2.18. The number of hydrogen-bond acceptors (Lipinski definition) is 4. The van der Waals surface area contributed by atoms with Crippen LogP contribution in [-0.2, 0) is 14.4 Å². The predicted molar refractivity (Wildman–Crippen MR) is 71.4 cm³/mol. The second-order valence-corrected chi connectivity index (χ2v) is 4.76. The van der Waals surface area contributed by atoms with E-state index in [4.69, 9.17) is 14.9 Å². The van der Waals surface area contributed by atoms with Gasteiger partial charge in [-0.15, -0.1) is 0 Å². The van der Waals surface area contributed by atoms with Gasteiger partial charge in [0.2, 0.25) is 0 Å². The van der Waals surface area contributed by atoms with E-state index in [9.17, 15) is 18.8 Å². The standard InChI is InChI=1S/C12H11BrFNO6/c13-8-3-7(14)1-2-9(8)21-6-10(16)15(4-11(17)18)5-12(19)20/h1-3H,4-6H2,(H,17,18)(H,19,20). The van der Waals surface area contributed by atoms with Crippen molar-refractivity contribution in [2.45, 2.75) is 0 Å². The molecule has 0 aliphatic heterocycles. The van der Waals surface area contributed by atoms with Crippen LogP contribution in [0, 0.1) is 5.82 Å². The lowest BCUT2D eigenvalue weighted by Crippen LogP contribution is -2.41. The van der Waals surface area contributed by atoms with Crippen molar-refractivity contribution in [1.82, 2.24) is 4.90 Å². The van der Waals surface area contributed by atoms with Gasteiger partial charge in [-0.25, -0.2) is 4.39 Å². The summed E-state index contributed by atoms with van der Waals surface area (Å²) in [4.78, 5) is 33.5. The Morgan fingerprint density at radius 3 is 2.24 bits per heavy atom. The molecule has 2 N–H and O–H groups in total. The quantitative estimate of drug-likeness (QED) is 0.747. The molecule has 0 aliphatic rings. The summed E-state index contributed by atoms with van der Waals surface area (Å²) in [6.45, 7) is -2.07. The average molecular weight is 364 g/mol. The van der Waals surface area contributed by atoms with Crippen molar-refractivity contribution in [2.24, 2.45) is 0 Å². The van der Waals surface area contributed by atoms with Gasteiger partial charge in [0.15, 0.2) is 6.61 Å². The Balaban J connectivity index is 2.68. The smallest absolute Gasteiger partial charge is 0.323 e. The number of amides is 1. The number of benzene rings is 1. The monoisotopic (exact) mass is 363 g/mol. The van der Waals surface area contributed by atoms with Crippen molar-refractivity contribution in [3.63, 3.8) is 0 Å². The van der Waals surface area contributed by atoms with Crippen molar-refractivity contribution in [2.75, 3.05) is 19.7 Å². The summed E-state index contributed by atoms with van der Waals surface area (Å²) in [7, 11) is 0. The summed E-state index contributed by atoms with van der Waals surface area (Å²) in [5.41, 5.74) is 0. The number of rotatable bonds is 7. The Labute approximate surface area is 127 Å². The number of carbonyl (C=O) groups excluding carboxylic acids is 1. The van der Waals surface area contributed by atoms with E-state index < -0.39 is 43.4 Å². The molecule has 0 saturated heterocycles. The molecule has 9 heteroatoms. The first kappa shape index (κ1) is 16.9. The van der Waals surface area contributed by atoms with Crippen molar-refractivity contribution < 1.29 is 33.7 Å². The molecule has 0 bridgehead atoms. The van der Waals surface area contributed by atoms with Crippen LogP contribution in [0.25, 0.3) is 0 Å². The zero-order valence-corrected chi connectivity index (χ0v) is 12.2. The van der Waals surface area contributed by atoms with Gasteiger partial charge in [0.1, 0.15) is 24.7 Å². The summed E-state index contributed by atoms with van der Waals surface area (Å²) < 4.78 is 18.3. The highest BCUT2D eigenvalue weighted by Crippen LogP contribution is 2.25. The lowest BCUT2D eigenvalue weighted by molar-refractivity contribution is -0.150. The molecule has 0 saturated carbocycles. The molecule has 0 spiro atoms. The normalized spacial score (nSPS) is 10.0. The van der Waals surface area contributed by atoms with Crippen LogP contribution in [-0.4, -0.2) is 52.7 Å². The topological polar surface area (TPSA) is 104 Å². The second-order valence-electron chi connectivity index (χ2n) is 3.90. The molecular formula is C12H11BrFNO6. The number of nitrogens with zero attached hydrogens (tertiary/aromatic N) is 1. The molecule has 0 aromatic heterocycles. The highest BCUT2D eigenvalue weighted by Gasteiger charge is 2.20. The molecular weight excluding hydrogens is 353 g/mol. The molecule has 0 aliphatic carbocycles. The first-order chi connectivity index (χ1) is 9.79. The van der Waals surface area contributed by atoms with Crippen LogP contribution in [0.3, 0.4) is 0 Å². The molecule has 1 aromatic carbocycles. The molecule has 21 heavy (non-hydrogen) atoms. The Morgan fingerprint density at radius 2 is 1.76 bits per heavy atom. The predicted octanol–water partition coefficient (Wildman–Crippen LogP) is 0.965. The van der Waals surface area contributed by atoms with Crippen LogP contribution in [0.5, 0.6) is 5.75 Å². The number of halogens is 2. The maximum atomic E-state index is 12.9. The zero-order valence-electron chi connectivity index (χ0n) is 10.6. The second kappa shape index (κ2) is 7.58. The van der Waals surface area contributed by atoms with E-state index in [1.807, 2.05) is 0 Å². The number of carbonyl (C=O) groups is 3.